The maximum absolute atomic E-state index is 11.6. The first kappa shape index (κ1) is 10.5. The second-order valence-electron chi connectivity index (χ2n) is 3.46. The van der Waals surface area contributed by atoms with Crippen molar-refractivity contribution in [3.63, 3.8) is 0 Å². The second-order valence-corrected chi connectivity index (χ2v) is 3.46. The van der Waals surface area contributed by atoms with Crippen molar-refractivity contribution >= 4 is 11.0 Å². The largest absolute Gasteiger partial charge is 0.508 e. The van der Waals surface area contributed by atoms with E-state index in [-0.39, 0.29) is 11.5 Å². The lowest BCUT2D eigenvalue weighted by Crippen LogP contribution is -2.08. The Labute approximate surface area is 92.1 Å². The number of hydrogen-bond donors (Lipinski definition) is 1. The molecule has 0 unspecified atom stereocenters. The number of fused-ring (bicyclic) bond motifs is 1. The van der Waals surface area contributed by atoms with Gasteiger partial charge in [-0.05, 0) is 26.0 Å². The smallest absolute Gasteiger partial charge is 0.379 e. The maximum Gasteiger partial charge on any atom is 0.379 e. The summed E-state index contributed by atoms with van der Waals surface area (Å²) in [6.07, 6.45) is 0. The molecule has 0 saturated carbocycles. The molecule has 0 atom stereocenters. The van der Waals surface area contributed by atoms with Gasteiger partial charge in [-0.25, -0.2) is 4.79 Å². The van der Waals surface area contributed by atoms with E-state index in [1.165, 1.54) is 6.07 Å². The fourth-order valence-electron chi connectivity index (χ4n) is 1.64. The summed E-state index contributed by atoms with van der Waals surface area (Å²) in [5.41, 5.74) is 0.580. The third-order valence-corrected chi connectivity index (χ3v) is 2.39. The Morgan fingerprint density at radius 3 is 2.88 bits per heavy atom. The van der Waals surface area contributed by atoms with Crippen LogP contribution in [-0.2, 0) is 0 Å². The van der Waals surface area contributed by atoms with Crippen LogP contribution < -0.4 is 10.4 Å². The van der Waals surface area contributed by atoms with Crippen LogP contribution in [0.3, 0.4) is 0 Å². The average molecular weight is 220 g/mol. The van der Waals surface area contributed by atoms with Crippen molar-refractivity contribution in [1.29, 1.82) is 0 Å². The highest BCUT2D eigenvalue weighted by Crippen LogP contribution is 2.26. The lowest BCUT2D eigenvalue weighted by Gasteiger charge is -2.07. The molecule has 0 fully saturated rings. The van der Waals surface area contributed by atoms with E-state index in [0.29, 0.717) is 12.2 Å². The Morgan fingerprint density at radius 2 is 2.19 bits per heavy atom. The van der Waals surface area contributed by atoms with Gasteiger partial charge in [0, 0.05) is 17.0 Å². The molecule has 1 heterocycles. The summed E-state index contributed by atoms with van der Waals surface area (Å²) in [6, 6.07) is 4.66. The molecule has 0 bridgehead atoms. The van der Waals surface area contributed by atoms with Gasteiger partial charge >= 0.3 is 5.63 Å². The highest BCUT2D eigenvalue weighted by Gasteiger charge is 2.12. The van der Waals surface area contributed by atoms with E-state index in [4.69, 9.17) is 9.15 Å². The van der Waals surface area contributed by atoms with Crippen LogP contribution in [0.1, 0.15) is 12.5 Å². The number of rotatable bonds is 2. The zero-order valence-corrected chi connectivity index (χ0v) is 9.11. The molecule has 2 aromatic rings. The van der Waals surface area contributed by atoms with E-state index in [0.717, 1.165) is 10.9 Å². The van der Waals surface area contributed by atoms with Crippen molar-refractivity contribution in [2.75, 3.05) is 6.61 Å². The molecule has 0 saturated heterocycles. The molecule has 0 aliphatic rings. The van der Waals surface area contributed by atoms with Crippen molar-refractivity contribution < 1.29 is 14.3 Å². The predicted octanol–water partition coefficient (Wildman–Crippen LogP) is 2.21. The van der Waals surface area contributed by atoms with Crippen LogP contribution in [-0.4, -0.2) is 11.7 Å². The molecule has 0 aliphatic carbocycles. The van der Waals surface area contributed by atoms with Crippen molar-refractivity contribution in [2.45, 2.75) is 13.8 Å². The number of aryl methyl sites for hydroxylation is 1. The second kappa shape index (κ2) is 3.89. The number of phenolic OH excluding ortho intramolecular Hbond substituents is 1. The van der Waals surface area contributed by atoms with Crippen molar-refractivity contribution in [3.05, 3.63) is 34.2 Å². The van der Waals surface area contributed by atoms with Gasteiger partial charge in [-0.2, -0.15) is 0 Å². The van der Waals surface area contributed by atoms with Crippen LogP contribution in [0.2, 0.25) is 0 Å². The molecule has 4 nitrogen and oxygen atoms in total. The number of hydrogen-bond acceptors (Lipinski definition) is 4. The lowest BCUT2D eigenvalue weighted by atomic mass is 10.1. The van der Waals surface area contributed by atoms with E-state index >= 15 is 0 Å². The fourth-order valence-corrected chi connectivity index (χ4v) is 1.64. The topological polar surface area (TPSA) is 59.7 Å². The number of aromatic hydroxyl groups is 1. The molecule has 0 spiro atoms. The summed E-state index contributed by atoms with van der Waals surface area (Å²) in [4.78, 5) is 11.6. The Hall–Kier alpha value is -1.97. The number of ether oxygens (including phenoxy) is 1. The lowest BCUT2D eigenvalue weighted by molar-refractivity contribution is 0.319. The fraction of sp³-hybridized carbons (Fsp3) is 0.250. The van der Waals surface area contributed by atoms with Gasteiger partial charge in [0.1, 0.15) is 11.3 Å². The predicted molar refractivity (Wildman–Crippen MR) is 60.1 cm³/mol. The van der Waals surface area contributed by atoms with Gasteiger partial charge in [-0.15, -0.1) is 0 Å². The third kappa shape index (κ3) is 1.62. The molecule has 4 heteroatoms. The Morgan fingerprint density at radius 1 is 1.44 bits per heavy atom. The third-order valence-electron chi connectivity index (χ3n) is 2.39. The Kier molecular flexibility index (Phi) is 2.56. The van der Waals surface area contributed by atoms with Crippen molar-refractivity contribution in [1.82, 2.24) is 0 Å². The summed E-state index contributed by atoms with van der Waals surface area (Å²) in [6.45, 7) is 4.01. The molecule has 2 rings (SSSR count). The molecular weight excluding hydrogens is 208 g/mol. The minimum atomic E-state index is -0.516. The first-order chi connectivity index (χ1) is 7.63. The van der Waals surface area contributed by atoms with E-state index in [2.05, 4.69) is 0 Å². The van der Waals surface area contributed by atoms with E-state index in [1.807, 2.05) is 0 Å². The van der Waals surface area contributed by atoms with Gasteiger partial charge in [0.2, 0.25) is 5.75 Å². The highest BCUT2D eigenvalue weighted by atomic mass is 16.5. The summed E-state index contributed by atoms with van der Waals surface area (Å²) >= 11 is 0. The molecule has 1 aromatic heterocycles. The summed E-state index contributed by atoms with van der Waals surface area (Å²) in [7, 11) is 0. The number of benzene rings is 1. The summed E-state index contributed by atoms with van der Waals surface area (Å²) in [5, 5.41) is 10.1. The van der Waals surface area contributed by atoms with E-state index in [1.54, 1.807) is 26.0 Å². The van der Waals surface area contributed by atoms with Gasteiger partial charge in [-0.3, -0.25) is 0 Å². The van der Waals surface area contributed by atoms with Gasteiger partial charge < -0.3 is 14.3 Å². The minimum Gasteiger partial charge on any atom is -0.508 e. The molecule has 0 radical (unpaired) electrons. The molecule has 1 aromatic carbocycles. The molecular formula is C12H12O4. The van der Waals surface area contributed by atoms with Crippen LogP contribution in [0, 0.1) is 6.92 Å². The van der Waals surface area contributed by atoms with Gasteiger partial charge in [0.25, 0.3) is 0 Å². The summed E-state index contributed by atoms with van der Waals surface area (Å²) in [5.74, 6) is 0.305. The normalized spacial score (nSPS) is 10.6. The van der Waals surface area contributed by atoms with Crippen LogP contribution in [0.4, 0.5) is 0 Å². The minimum absolute atomic E-state index is 0.0687. The van der Waals surface area contributed by atoms with Crippen LogP contribution in [0.15, 0.2) is 27.4 Å². The zero-order valence-electron chi connectivity index (χ0n) is 9.11. The molecule has 0 aliphatic heterocycles. The summed E-state index contributed by atoms with van der Waals surface area (Å²) < 4.78 is 10.3. The number of phenols is 1. The SMILES string of the molecule is CCOc1c(C)c2ccc(O)cc2oc1=O. The first-order valence-electron chi connectivity index (χ1n) is 5.02. The standard InChI is InChI=1S/C12H12O4/c1-3-15-11-7(2)9-5-4-8(13)6-10(9)16-12(11)14/h4-6,13H,3H2,1-2H3. The monoisotopic (exact) mass is 220 g/mol. The van der Waals surface area contributed by atoms with Crippen LogP contribution in [0.5, 0.6) is 11.5 Å². The van der Waals surface area contributed by atoms with Gasteiger partial charge in [0.05, 0.1) is 6.61 Å². The van der Waals surface area contributed by atoms with Crippen molar-refractivity contribution in [3.8, 4) is 11.5 Å². The Bertz CT molecular complexity index is 583. The highest BCUT2D eigenvalue weighted by molar-refractivity contribution is 5.83. The Balaban J connectivity index is 2.78. The van der Waals surface area contributed by atoms with E-state index in [9.17, 15) is 9.90 Å². The molecule has 84 valence electrons. The quantitative estimate of drug-likeness (QED) is 0.788. The first-order valence-corrected chi connectivity index (χ1v) is 5.02. The average Bonchev–Trinajstić information content (AvgIpc) is 2.23. The zero-order chi connectivity index (χ0) is 11.7. The van der Waals surface area contributed by atoms with Crippen LogP contribution in [0.25, 0.3) is 11.0 Å². The molecule has 1 N–H and O–H groups in total. The molecule has 0 amide bonds. The molecule has 16 heavy (non-hydrogen) atoms. The maximum atomic E-state index is 11.6. The van der Waals surface area contributed by atoms with E-state index < -0.39 is 5.63 Å². The van der Waals surface area contributed by atoms with Gasteiger partial charge in [-0.1, -0.05) is 0 Å². The van der Waals surface area contributed by atoms with Crippen LogP contribution >= 0.6 is 0 Å². The van der Waals surface area contributed by atoms with Crippen molar-refractivity contribution in [2.24, 2.45) is 0 Å². The van der Waals surface area contributed by atoms with Gasteiger partial charge in [0.15, 0.2) is 0 Å².